The Hall–Kier alpha value is -1.84. The van der Waals surface area contributed by atoms with Crippen LogP contribution in [-0.4, -0.2) is 35.3 Å². The molecule has 0 aromatic heterocycles. The number of carbonyl (C=O) groups excluding carboxylic acids is 2. The van der Waals surface area contributed by atoms with E-state index in [0.717, 1.165) is 12.8 Å². The van der Waals surface area contributed by atoms with Gasteiger partial charge < -0.3 is 10.2 Å². The third kappa shape index (κ3) is 1.99. The van der Waals surface area contributed by atoms with E-state index in [1.165, 1.54) is 17.5 Å². The molecule has 3 rings (SSSR count). The Labute approximate surface area is 119 Å². The van der Waals surface area contributed by atoms with Crippen molar-refractivity contribution < 1.29 is 9.59 Å². The Morgan fingerprint density at radius 2 is 2.00 bits per heavy atom. The molecule has 1 fully saturated rings. The summed E-state index contributed by atoms with van der Waals surface area (Å²) in [7, 11) is 0. The number of hydrogen-bond donors (Lipinski definition) is 1. The standard InChI is InChI=1S/C16H20N2O2/c1-16(2)15(20)17-8-9-18(16)14(19)13-7-6-11-4-3-5-12(11)10-13/h6-7,10H,3-5,8-9H2,1-2H3,(H,17,20). The molecule has 2 amide bonds. The summed E-state index contributed by atoms with van der Waals surface area (Å²) in [6.45, 7) is 4.69. The van der Waals surface area contributed by atoms with Crippen LogP contribution < -0.4 is 5.32 Å². The molecule has 4 heteroatoms. The lowest BCUT2D eigenvalue weighted by atomic mass is 9.97. The van der Waals surface area contributed by atoms with Crippen LogP contribution in [0.2, 0.25) is 0 Å². The first-order chi connectivity index (χ1) is 9.50. The normalized spacial score (nSPS) is 20.5. The predicted octanol–water partition coefficient (Wildman–Crippen LogP) is 1.53. The fraction of sp³-hybridized carbons (Fsp3) is 0.500. The Balaban J connectivity index is 1.90. The fourth-order valence-corrected chi connectivity index (χ4v) is 3.12. The molecule has 1 aliphatic heterocycles. The Kier molecular flexibility index (Phi) is 3.04. The molecular formula is C16H20N2O2. The van der Waals surface area contributed by atoms with E-state index in [9.17, 15) is 9.59 Å². The highest BCUT2D eigenvalue weighted by atomic mass is 16.2. The van der Waals surface area contributed by atoms with Crippen molar-refractivity contribution in [1.82, 2.24) is 10.2 Å². The smallest absolute Gasteiger partial charge is 0.254 e. The Bertz CT molecular complexity index is 578. The minimum atomic E-state index is -0.783. The van der Waals surface area contributed by atoms with Crippen molar-refractivity contribution in [1.29, 1.82) is 0 Å². The third-order valence-corrected chi connectivity index (χ3v) is 4.44. The summed E-state index contributed by atoms with van der Waals surface area (Å²) in [4.78, 5) is 26.3. The second-order valence-electron chi connectivity index (χ2n) is 6.11. The van der Waals surface area contributed by atoms with Crippen LogP contribution in [0.25, 0.3) is 0 Å². The summed E-state index contributed by atoms with van der Waals surface area (Å²) in [5.41, 5.74) is 2.56. The van der Waals surface area contributed by atoms with Crippen molar-refractivity contribution in [2.75, 3.05) is 13.1 Å². The summed E-state index contributed by atoms with van der Waals surface area (Å²) in [6, 6.07) is 5.97. The van der Waals surface area contributed by atoms with Crippen LogP contribution >= 0.6 is 0 Å². The van der Waals surface area contributed by atoms with Gasteiger partial charge >= 0.3 is 0 Å². The minimum absolute atomic E-state index is 0.0421. The van der Waals surface area contributed by atoms with Gasteiger partial charge in [-0.2, -0.15) is 0 Å². The van der Waals surface area contributed by atoms with Crippen molar-refractivity contribution in [3.63, 3.8) is 0 Å². The zero-order valence-electron chi connectivity index (χ0n) is 12.0. The molecule has 2 aliphatic rings. The van der Waals surface area contributed by atoms with Crippen molar-refractivity contribution in [2.24, 2.45) is 0 Å². The van der Waals surface area contributed by atoms with Crippen molar-refractivity contribution >= 4 is 11.8 Å². The maximum absolute atomic E-state index is 12.7. The summed E-state index contributed by atoms with van der Waals surface area (Å²) < 4.78 is 0. The van der Waals surface area contributed by atoms with Gasteiger partial charge in [-0.25, -0.2) is 0 Å². The highest BCUT2D eigenvalue weighted by molar-refractivity contribution is 5.99. The lowest BCUT2D eigenvalue weighted by Gasteiger charge is -2.41. The van der Waals surface area contributed by atoms with Gasteiger partial charge in [-0.05, 0) is 56.4 Å². The third-order valence-electron chi connectivity index (χ3n) is 4.44. The molecule has 0 radical (unpaired) electrons. The lowest BCUT2D eigenvalue weighted by molar-refractivity contribution is -0.133. The van der Waals surface area contributed by atoms with Crippen LogP contribution in [0.5, 0.6) is 0 Å². The molecule has 0 atom stereocenters. The van der Waals surface area contributed by atoms with E-state index in [-0.39, 0.29) is 11.8 Å². The van der Waals surface area contributed by atoms with Crippen molar-refractivity contribution in [2.45, 2.75) is 38.6 Å². The Morgan fingerprint density at radius 1 is 1.25 bits per heavy atom. The highest BCUT2D eigenvalue weighted by Crippen LogP contribution is 2.25. The summed E-state index contributed by atoms with van der Waals surface area (Å²) >= 11 is 0. The average molecular weight is 272 g/mol. The van der Waals surface area contributed by atoms with Gasteiger partial charge in [0.25, 0.3) is 5.91 Å². The molecule has 0 saturated carbocycles. The van der Waals surface area contributed by atoms with E-state index in [0.29, 0.717) is 18.7 Å². The van der Waals surface area contributed by atoms with Gasteiger partial charge in [0.1, 0.15) is 5.54 Å². The number of piperazine rings is 1. The van der Waals surface area contributed by atoms with Crippen LogP contribution in [0.3, 0.4) is 0 Å². The second-order valence-corrected chi connectivity index (χ2v) is 6.11. The summed E-state index contributed by atoms with van der Waals surface area (Å²) in [5, 5.41) is 2.82. The molecule has 1 saturated heterocycles. The first-order valence-electron chi connectivity index (χ1n) is 7.22. The van der Waals surface area contributed by atoms with E-state index >= 15 is 0 Å². The van der Waals surface area contributed by atoms with Crippen LogP contribution in [0.15, 0.2) is 18.2 Å². The first-order valence-corrected chi connectivity index (χ1v) is 7.22. The largest absolute Gasteiger partial charge is 0.352 e. The van der Waals surface area contributed by atoms with Gasteiger partial charge in [0, 0.05) is 18.7 Å². The van der Waals surface area contributed by atoms with Gasteiger partial charge in [0.15, 0.2) is 0 Å². The molecule has 4 nitrogen and oxygen atoms in total. The molecule has 20 heavy (non-hydrogen) atoms. The van der Waals surface area contributed by atoms with Crippen molar-refractivity contribution in [3.8, 4) is 0 Å². The maximum atomic E-state index is 12.7. The zero-order chi connectivity index (χ0) is 14.3. The highest BCUT2D eigenvalue weighted by Gasteiger charge is 2.40. The molecule has 1 aliphatic carbocycles. The maximum Gasteiger partial charge on any atom is 0.254 e. The SMILES string of the molecule is CC1(C)C(=O)NCCN1C(=O)c1ccc2c(c1)CCC2. The number of hydrogen-bond acceptors (Lipinski definition) is 2. The minimum Gasteiger partial charge on any atom is -0.352 e. The van der Waals surface area contributed by atoms with E-state index in [1.54, 1.807) is 18.7 Å². The van der Waals surface area contributed by atoms with Crippen LogP contribution in [0, 0.1) is 0 Å². The van der Waals surface area contributed by atoms with Crippen LogP contribution in [0.4, 0.5) is 0 Å². The van der Waals surface area contributed by atoms with Gasteiger partial charge in [-0.3, -0.25) is 9.59 Å². The number of benzene rings is 1. The summed E-state index contributed by atoms with van der Waals surface area (Å²) in [5.74, 6) is -0.127. The number of amides is 2. The molecule has 0 spiro atoms. The molecule has 0 unspecified atom stereocenters. The number of nitrogens with one attached hydrogen (secondary N) is 1. The van der Waals surface area contributed by atoms with E-state index in [1.807, 2.05) is 12.1 Å². The topological polar surface area (TPSA) is 49.4 Å². The Morgan fingerprint density at radius 3 is 2.80 bits per heavy atom. The predicted molar refractivity (Wildman–Crippen MR) is 76.6 cm³/mol. The molecular weight excluding hydrogens is 252 g/mol. The molecule has 1 heterocycles. The van der Waals surface area contributed by atoms with Crippen molar-refractivity contribution in [3.05, 3.63) is 34.9 Å². The molecule has 1 aromatic carbocycles. The zero-order valence-corrected chi connectivity index (χ0v) is 12.0. The van der Waals surface area contributed by atoms with E-state index in [4.69, 9.17) is 0 Å². The first kappa shape index (κ1) is 13.2. The van der Waals surface area contributed by atoms with E-state index < -0.39 is 5.54 Å². The van der Waals surface area contributed by atoms with Gasteiger partial charge in [0.05, 0.1) is 0 Å². The number of aryl methyl sites for hydroxylation is 2. The number of carbonyl (C=O) groups is 2. The van der Waals surface area contributed by atoms with E-state index in [2.05, 4.69) is 11.4 Å². The molecule has 0 bridgehead atoms. The average Bonchev–Trinajstić information content (AvgIpc) is 2.88. The number of rotatable bonds is 1. The molecule has 106 valence electrons. The lowest BCUT2D eigenvalue weighted by Crippen LogP contribution is -2.63. The van der Waals surface area contributed by atoms with Crippen LogP contribution in [0.1, 0.15) is 41.8 Å². The summed E-state index contributed by atoms with van der Waals surface area (Å²) in [6.07, 6.45) is 3.34. The van der Waals surface area contributed by atoms with Gasteiger partial charge in [-0.1, -0.05) is 6.07 Å². The van der Waals surface area contributed by atoms with Crippen LogP contribution in [-0.2, 0) is 17.6 Å². The molecule has 1 aromatic rings. The van der Waals surface area contributed by atoms with Gasteiger partial charge in [0.2, 0.25) is 5.91 Å². The number of fused-ring (bicyclic) bond motifs is 1. The quantitative estimate of drug-likeness (QED) is 0.843. The second kappa shape index (κ2) is 4.62. The fourth-order valence-electron chi connectivity index (χ4n) is 3.12. The molecule has 1 N–H and O–H groups in total. The monoisotopic (exact) mass is 272 g/mol. The van der Waals surface area contributed by atoms with Gasteiger partial charge in [-0.15, -0.1) is 0 Å². The number of nitrogens with zero attached hydrogens (tertiary/aromatic N) is 1.